The monoisotopic (exact) mass is 304 g/mol. The fourth-order valence-corrected chi connectivity index (χ4v) is 1.82. The van der Waals surface area contributed by atoms with Gasteiger partial charge in [-0.1, -0.05) is 6.58 Å². The molecule has 1 rings (SSSR count). The minimum Gasteiger partial charge on any atom is -0.499 e. The standard InChI is InChI=1S/C11H13F5O4/c1-4-18-5-7-8(19-6(2)17)10(12,13)9(3,20-7)11(14,15)16/h4,7-8H,1,5H2,2-3H3. The number of alkyl halides is 5. The van der Waals surface area contributed by atoms with Crippen molar-refractivity contribution in [1.29, 1.82) is 0 Å². The summed E-state index contributed by atoms with van der Waals surface area (Å²) in [7, 11) is 0. The topological polar surface area (TPSA) is 44.8 Å². The molecule has 20 heavy (non-hydrogen) atoms. The lowest BCUT2D eigenvalue weighted by Gasteiger charge is -2.32. The Morgan fingerprint density at radius 1 is 1.45 bits per heavy atom. The van der Waals surface area contributed by atoms with Gasteiger partial charge in [0.05, 0.1) is 6.26 Å². The molecule has 9 heteroatoms. The normalized spacial score (nSPS) is 32.8. The van der Waals surface area contributed by atoms with E-state index in [1.807, 2.05) is 0 Å². The Morgan fingerprint density at radius 3 is 2.40 bits per heavy atom. The molecule has 0 radical (unpaired) electrons. The van der Waals surface area contributed by atoms with Crippen LogP contribution in [0.1, 0.15) is 13.8 Å². The summed E-state index contributed by atoms with van der Waals surface area (Å²) >= 11 is 0. The highest BCUT2D eigenvalue weighted by Crippen LogP contribution is 2.53. The van der Waals surface area contributed by atoms with Crippen molar-refractivity contribution in [2.24, 2.45) is 0 Å². The highest BCUT2D eigenvalue weighted by atomic mass is 19.4. The summed E-state index contributed by atoms with van der Waals surface area (Å²) in [4.78, 5) is 10.8. The largest absolute Gasteiger partial charge is 0.499 e. The lowest BCUT2D eigenvalue weighted by atomic mass is 9.94. The van der Waals surface area contributed by atoms with Crippen LogP contribution in [-0.2, 0) is 19.0 Å². The second-order valence-electron chi connectivity index (χ2n) is 4.34. The molecule has 1 saturated heterocycles. The van der Waals surface area contributed by atoms with Gasteiger partial charge in [-0.15, -0.1) is 0 Å². The minimum atomic E-state index is -5.35. The molecule has 0 aromatic heterocycles. The summed E-state index contributed by atoms with van der Waals surface area (Å²) in [6, 6.07) is 0. The number of rotatable bonds is 4. The van der Waals surface area contributed by atoms with Crippen LogP contribution >= 0.6 is 0 Å². The molecule has 0 bridgehead atoms. The minimum absolute atomic E-state index is 0.206. The first-order chi connectivity index (χ1) is 8.97. The maximum absolute atomic E-state index is 14.0. The summed E-state index contributed by atoms with van der Waals surface area (Å²) in [6.45, 7) is 3.50. The van der Waals surface area contributed by atoms with Crippen LogP contribution in [0.15, 0.2) is 12.8 Å². The van der Waals surface area contributed by atoms with Gasteiger partial charge in [-0.05, 0) is 6.92 Å². The molecule has 116 valence electrons. The van der Waals surface area contributed by atoms with E-state index in [1.54, 1.807) is 0 Å². The Hall–Kier alpha value is -1.38. The molecule has 0 amide bonds. The first-order valence-corrected chi connectivity index (χ1v) is 5.49. The van der Waals surface area contributed by atoms with Crippen molar-refractivity contribution in [3.05, 3.63) is 12.8 Å². The molecular weight excluding hydrogens is 291 g/mol. The van der Waals surface area contributed by atoms with E-state index in [-0.39, 0.29) is 6.92 Å². The lowest BCUT2D eigenvalue weighted by Crippen LogP contribution is -2.57. The number of ether oxygens (including phenoxy) is 3. The Morgan fingerprint density at radius 2 is 2.00 bits per heavy atom. The highest BCUT2D eigenvalue weighted by Gasteiger charge is 2.78. The van der Waals surface area contributed by atoms with E-state index >= 15 is 0 Å². The zero-order valence-corrected chi connectivity index (χ0v) is 10.7. The van der Waals surface area contributed by atoms with Gasteiger partial charge in [0.2, 0.25) is 5.60 Å². The van der Waals surface area contributed by atoms with E-state index in [0.29, 0.717) is 0 Å². The van der Waals surface area contributed by atoms with Crippen molar-refractivity contribution in [2.45, 2.75) is 43.8 Å². The Balaban J connectivity index is 3.15. The number of hydrogen-bond acceptors (Lipinski definition) is 4. The van der Waals surface area contributed by atoms with E-state index < -0.39 is 42.5 Å². The smallest absolute Gasteiger partial charge is 0.423 e. The molecule has 4 nitrogen and oxygen atoms in total. The molecular formula is C11H13F5O4. The predicted molar refractivity (Wildman–Crippen MR) is 56.0 cm³/mol. The van der Waals surface area contributed by atoms with Crippen molar-refractivity contribution >= 4 is 5.97 Å². The van der Waals surface area contributed by atoms with Crippen LogP contribution in [0.3, 0.4) is 0 Å². The zero-order valence-electron chi connectivity index (χ0n) is 10.7. The van der Waals surface area contributed by atoms with Crippen molar-refractivity contribution in [2.75, 3.05) is 6.61 Å². The molecule has 0 aromatic rings. The molecule has 1 heterocycles. The van der Waals surface area contributed by atoms with Gasteiger partial charge in [0.25, 0.3) is 0 Å². The number of carbonyl (C=O) groups excluding carboxylic acids is 1. The van der Waals surface area contributed by atoms with Gasteiger partial charge in [-0.3, -0.25) is 4.79 Å². The first kappa shape index (κ1) is 16.7. The molecule has 0 spiro atoms. The van der Waals surface area contributed by atoms with Gasteiger partial charge in [0.1, 0.15) is 12.7 Å². The van der Waals surface area contributed by atoms with Crippen LogP contribution in [0.2, 0.25) is 0 Å². The summed E-state index contributed by atoms with van der Waals surface area (Å²) in [5.41, 5.74) is -3.77. The SMILES string of the molecule is C=COCC1OC(C)(C(F)(F)F)C(F)(F)C1OC(C)=O. The third-order valence-electron chi connectivity index (χ3n) is 2.93. The van der Waals surface area contributed by atoms with Crippen molar-refractivity contribution in [3.8, 4) is 0 Å². The predicted octanol–water partition coefficient (Wildman–Crippen LogP) is 2.43. The van der Waals surface area contributed by atoms with Crippen LogP contribution in [0, 0.1) is 0 Å². The third kappa shape index (κ3) is 2.58. The fraction of sp³-hybridized carbons (Fsp3) is 0.727. The van der Waals surface area contributed by atoms with Crippen LogP contribution in [0.4, 0.5) is 22.0 Å². The van der Waals surface area contributed by atoms with E-state index in [0.717, 1.165) is 13.2 Å². The molecule has 3 atom stereocenters. The van der Waals surface area contributed by atoms with Gasteiger partial charge in [0, 0.05) is 6.92 Å². The molecule has 1 aliphatic heterocycles. The number of esters is 1. The summed E-state index contributed by atoms with van der Waals surface area (Å²) in [5, 5.41) is 0. The quantitative estimate of drug-likeness (QED) is 0.454. The van der Waals surface area contributed by atoms with E-state index in [4.69, 9.17) is 0 Å². The van der Waals surface area contributed by atoms with Crippen LogP contribution in [0.25, 0.3) is 0 Å². The Bertz CT molecular complexity index is 395. The molecule has 3 unspecified atom stereocenters. The molecule has 0 aliphatic carbocycles. The zero-order chi connectivity index (χ0) is 15.8. The second-order valence-corrected chi connectivity index (χ2v) is 4.34. The molecule has 0 aromatic carbocycles. The van der Waals surface area contributed by atoms with Gasteiger partial charge in [-0.2, -0.15) is 22.0 Å². The van der Waals surface area contributed by atoms with Gasteiger partial charge in [-0.25, -0.2) is 0 Å². The summed E-state index contributed by atoms with van der Waals surface area (Å²) in [5.74, 6) is -5.60. The van der Waals surface area contributed by atoms with Crippen LogP contribution in [-0.4, -0.2) is 42.5 Å². The highest BCUT2D eigenvalue weighted by molar-refractivity contribution is 5.66. The number of halogens is 5. The van der Waals surface area contributed by atoms with E-state index in [9.17, 15) is 26.7 Å². The maximum Gasteiger partial charge on any atom is 0.423 e. The molecule has 1 aliphatic rings. The maximum atomic E-state index is 14.0. The fourth-order valence-electron chi connectivity index (χ4n) is 1.82. The average molecular weight is 304 g/mol. The van der Waals surface area contributed by atoms with Crippen molar-refractivity contribution in [1.82, 2.24) is 0 Å². The van der Waals surface area contributed by atoms with Crippen molar-refractivity contribution < 1.29 is 41.0 Å². The van der Waals surface area contributed by atoms with E-state index in [1.165, 1.54) is 0 Å². The number of hydrogen-bond donors (Lipinski definition) is 0. The van der Waals surface area contributed by atoms with Gasteiger partial charge < -0.3 is 14.2 Å². The first-order valence-electron chi connectivity index (χ1n) is 5.49. The van der Waals surface area contributed by atoms with Crippen LogP contribution in [0.5, 0.6) is 0 Å². The Labute approximate surface area is 111 Å². The second kappa shape index (κ2) is 5.19. The van der Waals surface area contributed by atoms with Crippen LogP contribution < -0.4 is 0 Å². The third-order valence-corrected chi connectivity index (χ3v) is 2.93. The number of carbonyl (C=O) groups is 1. The Kier molecular flexibility index (Phi) is 4.33. The van der Waals surface area contributed by atoms with Gasteiger partial charge in [0.15, 0.2) is 6.10 Å². The summed E-state index contributed by atoms with van der Waals surface area (Å²) < 4.78 is 79.8. The molecule has 1 fully saturated rings. The van der Waals surface area contributed by atoms with Gasteiger partial charge >= 0.3 is 18.1 Å². The van der Waals surface area contributed by atoms with Crippen molar-refractivity contribution in [3.63, 3.8) is 0 Å². The summed E-state index contributed by atoms with van der Waals surface area (Å²) in [6.07, 6.45) is -8.65. The molecule has 0 saturated carbocycles. The van der Waals surface area contributed by atoms with E-state index in [2.05, 4.69) is 20.8 Å². The average Bonchev–Trinajstić information content (AvgIpc) is 2.47. The lowest BCUT2D eigenvalue weighted by molar-refractivity contribution is -0.317. The molecule has 0 N–H and O–H groups in total.